The van der Waals surface area contributed by atoms with Gasteiger partial charge in [0.2, 0.25) is 11.8 Å². The Labute approximate surface area is 207 Å². The molecule has 0 saturated heterocycles. The molecule has 1 fully saturated rings. The second-order valence-electron chi connectivity index (χ2n) is 8.53. The fourth-order valence-electron chi connectivity index (χ4n) is 4.22. The summed E-state index contributed by atoms with van der Waals surface area (Å²) >= 11 is 1.26. The summed E-state index contributed by atoms with van der Waals surface area (Å²) in [6, 6.07) is 10.1. The van der Waals surface area contributed by atoms with E-state index in [4.69, 9.17) is 0 Å². The molecule has 7 nitrogen and oxygen atoms in total. The normalized spacial score (nSPS) is 14.3. The van der Waals surface area contributed by atoms with Gasteiger partial charge in [-0.2, -0.15) is 0 Å². The molecule has 1 aromatic carbocycles. The number of hydrogen-bond donors (Lipinski definition) is 2. The van der Waals surface area contributed by atoms with Crippen LogP contribution in [0.15, 0.2) is 60.2 Å². The predicted octanol–water partition coefficient (Wildman–Crippen LogP) is 4.15. The first kappa shape index (κ1) is 24.5. The maximum atomic E-state index is 14.6. The third kappa shape index (κ3) is 5.92. The van der Waals surface area contributed by atoms with Crippen LogP contribution in [0.25, 0.3) is 0 Å². The molecule has 1 saturated carbocycles. The van der Waals surface area contributed by atoms with E-state index in [-0.39, 0.29) is 30.1 Å². The van der Waals surface area contributed by atoms with Crippen LogP contribution in [-0.4, -0.2) is 35.3 Å². The molecule has 0 spiro atoms. The summed E-state index contributed by atoms with van der Waals surface area (Å²) in [6.45, 7) is 1.27. The fraction of sp³-hybridized carbons (Fsp3) is 0.308. The largest absolute Gasteiger partial charge is 0.351 e. The number of amides is 3. The quantitative estimate of drug-likeness (QED) is 0.492. The summed E-state index contributed by atoms with van der Waals surface area (Å²) in [4.78, 5) is 45.4. The van der Waals surface area contributed by atoms with Crippen LogP contribution < -0.4 is 15.5 Å². The van der Waals surface area contributed by atoms with Gasteiger partial charge in [-0.05, 0) is 66.6 Å². The van der Waals surface area contributed by atoms with Gasteiger partial charge in [-0.15, -0.1) is 11.3 Å². The number of nitrogens with zero attached hydrogens (tertiary/aromatic N) is 2. The second kappa shape index (κ2) is 11.2. The van der Waals surface area contributed by atoms with Gasteiger partial charge >= 0.3 is 0 Å². The number of aryl methyl sites for hydroxylation is 1. The van der Waals surface area contributed by atoms with E-state index in [1.54, 1.807) is 61.1 Å². The third-order valence-corrected chi connectivity index (χ3v) is 6.95. The van der Waals surface area contributed by atoms with E-state index in [1.807, 2.05) is 0 Å². The molecule has 9 heteroatoms. The number of thiophene rings is 1. The monoisotopic (exact) mass is 494 g/mol. The predicted molar refractivity (Wildman–Crippen MR) is 133 cm³/mol. The molecule has 2 aromatic heterocycles. The topological polar surface area (TPSA) is 91.4 Å². The first-order valence-corrected chi connectivity index (χ1v) is 12.4. The highest BCUT2D eigenvalue weighted by atomic mass is 32.1. The maximum absolute atomic E-state index is 14.6. The zero-order chi connectivity index (χ0) is 24.8. The standard InChI is InChI=1S/C26H27FN4O3S/c1-17-8-9-20(15-21(17)27)31(23(32)16-29-25(33)22-7-4-14-35-22)24(18-10-12-28-13-11-18)26(34)30-19-5-2-3-6-19/h4,7-15,19,24H,2-3,5-6,16H2,1H3,(H,29,33)(H,30,34)/t24-/m1/s1. The minimum absolute atomic E-state index is 0.0251. The molecule has 3 aromatic rings. The smallest absolute Gasteiger partial charge is 0.261 e. The second-order valence-corrected chi connectivity index (χ2v) is 9.48. The Hall–Kier alpha value is -3.59. The van der Waals surface area contributed by atoms with Crippen LogP contribution in [0.4, 0.5) is 10.1 Å². The highest BCUT2D eigenvalue weighted by Gasteiger charge is 2.34. The molecule has 2 heterocycles. The van der Waals surface area contributed by atoms with E-state index in [2.05, 4.69) is 15.6 Å². The number of nitrogens with one attached hydrogen (secondary N) is 2. The van der Waals surface area contributed by atoms with Crippen LogP contribution in [0.3, 0.4) is 0 Å². The van der Waals surface area contributed by atoms with Gasteiger partial charge in [0.1, 0.15) is 11.9 Å². The fourth-order valence-corrected chi connectivity index (χ4v) is 4.86. The van der Waals surface area contributed by atoms with Crippen molar-refractivity contribution >= 4 is 34.7 Å². The Bertz CT molecular complexity index is 1180. The van der Waals surface area contributed by atoms with Gasteiger partial charge in [0.05, 0.1) is 11.4 Å². The zero-order valence-corrected chi connectivity index (χ0v) is 20.2. The molecule has 1 aliphatic carbocycles. The Balaban J connectivity index is 1.69. The van der Waals surface area contributed by atoms with E-state index < -0.39 is 17.8 Å². The lowest BCUT2D eigenvalue weighted by atomic mass is 10.0. The number of hydrogen-bond acceptors (Lipinski definition) is 5. The van der Waals surface area contributed by atoms with Crippen molar-refractivity contribution in [1.29, 1.82) is 0 Å². The van der Waals surface area contributed by atoms with Crippen molar-refractivity contribution in [2.75, 3.05) is 11.4 Å². The summed E-state index contributed by atoms with van der Waals surface area (Å²) in [5, 5.41) is 7.45. The lowest BCUT2D eigenvalue weighted by Gasteiger charge is -2.32. The van der Waals surface area contributed by atoms with Gasteiger partial charge in [-0.1, -0.05) is 25.0 Å². The van der Waals surface area contributed by atoms with Gasteiger partial charge < -0.3 is 10.6 Å². The number of carbonyl (C=O) groups is 3. The van der Waals surface area contributed by atoms with E-state index in [1.165, 1.54) is 22.3 Å². The molecular formula is C26H27FN4O3S. The molecule has 0 radical (unpaired) electrons. The molecule has 0 aliphatic heterocycles. The summed E-state index contributed by atoms with van der Waals surface area (Å²) < 4.78 is 14.6. The number of anilines is 1. The highest BCUT2D eigenvalue weighted by Crippen LogP contribution is 2.30. The molecular weight excluding hydrogens is 467 g/mol. The first-order valence-electron chi connectivity index (χ1n) is 11.5. The maximum Gasteiger partial charge on any atom is 0.261 e. The van der Waals surface area contributed by atoms with Gasteiger partial charge in [-0.3, -0.25) is 24.3 Å². The lowest BCUT2D eigenvalue weighted by molar-refractivity contribution is -0.126. The van der Waals surface area contributed by atoms with Crippen LogP contribution in [0.5, 0.6) is 0 Å². The van der Waals surface area contributed by atoms with E-state index in [0.29, 0.717) is 16.0 Å². The van der Waals surface area contributed by atoms with E-state index in [9.17, 15) is 18.8 Å². The molecule has 3 amide bonds. The molecule has 2 N–H and O–H groups in total. The van der Waals surface area contributed by atoms with Crippen LogP contribution in [0.2, 0.25) is 0 Å². The Kier molecular flexibility index (Phi) is 7.87. The molecule has 1 aliphatic rings. The van der Waals surface area contributed by atoms with Crippen molar-refractivity contribution in [3.8, 4) is 0 Å². The third-order valence-electron chi connectivity index (χ3n) is 6.08. The number of halogens is 1. The summed E-state index contributed by atoms with van der Waals surface area (Å²) in [6.07, 6.45) is 6.90. The van der Waals surface area contributed by atoms with Gasteiger partial charge in [0.25, 0.3) is 5.91 Å². The first-order chi connectivity index (χ1) is 16.9. The number of benzene rings is 1. The van der Waals surface area contributed by atoms with E-state index >= 15 is 0 Å². The van der Waals surface area contributed by atoms with Crippen LogP contribution in [-0.2, 0) is 9.59 Å². The van der Waals surface area contributed by atoms with Gasteiger partial charge in [0.15, 0.2) is 0 Å². The Morgan fingerprint density at radius 3 is 2.54 bits per heavy atom. The number of aromatic nitrogens is 1. The molecule has 1 atom stereocenters. The van der Waals surface area contributed by atoms with Crippen LogP contribution in [0.1, 0.15) is 52.5 Å². The number of pyridine rings is 1. The molecule has 4 rings (SSSR count). The van der Waals surface area contributed by atoms with Crippen LogP contribution >= 0.6 is 11.3 Å². The van der Waals surface area contributed by atoms with Gasteiger partial charge in [-0.25, -0.2) is 4.39 Å². The van der Waals surface area contributed by atoms with Crippen molar-refractivity contribution < 1.29 is 18.8 Å². The van der Waals surface area contributed by atoms with Crippen LogP contribution in [0, 0.1) is 12.7 Å². The Morgan fingerprint density at radius 1 is 1.14 bits per heavy atom. The van der Waals surface area contributed by atoms with Crippen molar-refractivity contribution in [2.24, 2.45) is 0 Å². The minimum Gasteiger partial charge on any atom is -0.351 e. The molecule has 0 bridgehead atoms. The molecule has 0 unspecified atom stereocenters. The average molecular weight is 495 g/mol. The highest BCUT2D eigenvalue weighted by molar-refractivity contribution is 7.12. The molecule has 182 valence electrons. The lowest BCUT2D eigenvalue weighted by Crippen LogP contribution is -2.49. The van der Waals surface area contributed by atoms with Crippen molar-refractivity contribution in [2.45, 2.75) is 44.7 Å². The SMILES string of the molecule is Cc1ccc(N(C(=O)CNC(=O)c2cccs2)[C@@H](C(=O)NC2CCCC2)c2ccncc2)cc1F. The number of rotatable bonds is 8. The van der Waals surface area contributed by atoms with Crippen molar-refractivity contribution in [1.82, 2.24) is 15.6 Å². The number of carbonyl (C=O) groups excluding carboxylic acids is 3. The Morgan fingerprint density at radius 2 is 1.89 bits per heavy atom. The van der Waals surface area contributed by atoms with Crippen molar-refractivity contribution in [3.05, 3.63) is 82.1 Å². The zero-order valence-electron chi connectivity index (χ0n) is 19.4. The summed E-state index contributed by atoms with van der Waals surface area (Å²) in [7, 11) is 0. The van der Waals surface area contributed by atoms with Gasteiger partial charge in [0, 0.05) is 24.1 Å². The average Bonchev–Trinajstić information content (AvgIpc) is 3.58. The summed E-state index contributed by atoms with van der Waals surface area (Å²) in [5.41, 5.74) is 1.18. The molecule has 35 heavy (non-hydrogen) atoms. The minimum atomic E-state index is -1.06. The van der Waals surface area contributed by atoms with Crippen molar-refractivity contribution in [3.63, 3.8) is 0 Å². The summed E-state index contributed by atoms with van der Waals surface area (Å²) in [5.74, 6) is -1.78. The van der Waals surface area contributed by atoms with E-state index in [0.717, 1.165) is 25.7 Å².